The van der Waals surface area contributed by atoms with Crippen LogP contribution in [0.1, 0.15) is 58.3 Å². The molecule has 0 saturated carbocycles. The van der Waals surface area contributed by atoms with E-state index in [4.69, 9.17) is 5.11 Å². The average Bonchev–Trinajstić information content (AvgIpc) is 2.73. The third-order valence-electron chi connectivity index (χ3n) is 4.08. The van der Waals surface area contributed by atoms with Crippen molar-refractivity contribution in [2.24, 2.45) is 0 Å². The number of nitrogens with zero attached hydrogens (tertiary/aromatic N) is 1. The monoisotopic (exact) mass is 228 g/mol. The molecule has 1 aliphatic rings. The lowest BCUT2D eigenvalue weighted by Gasteiger charge is -2.33. The molecule has 0 aliphatic carbocycles. The van der Waals surface area contributed by atoms with Gasteiger partial charge in [-0.2, -0.15) is 0 Å². The Bertz CT molecular complexity index is 164. The maximum Gasteiger partial charge on any atom is 0.102 e. The summed E-state index contributed by atoms with van der Waals surface area (Å²) >= 11 is 0. The second-order valence-electron chi connectivity index (χ2n) is 5.43. The SMILES string of the molecule is CCCCCCCC[N+]1(CCO)CCCC1. The van der Waals surface area contributed by atoms with E-state index in [-0.39, 0.29) is 0 Å². The fourth-order valence-corrected chi connectivity index (χ4v) is 3.00. The van der Waals surface area contributed by atoms with Gasteiger partial charge in [0.05, 0.1) is 26.2 Å². The quantitative estimate of drug-likeness (QED) is 0.475. The Kier molecular flexibility index (Phi) is 7.06. The summed E-state index contributed by atoms with van der Waals surface area (Å²) in [6.45, 7) is 7.58. The standard InChI is InChI=1S/C14H30NO/c1-2-3-4-5-6-7-10-15(13-14-16)11-8-9-12-15/h16H,2-14H2,1H3/q+1. The Hall–Kier alpha value is -0.0800. The van der Waals surface area contributed by atoms with Crippen LogP contribution in [0.3, 0.4) is 0 Å². The molecule has 1 N–H and O–H groups in total. The van der Waals surface area contributed by atoms with E-state index in [1.807, 2.05) is 0 Å². The fourth-order valence-electron chi connectivity index (χ4n) is 3.00. The molecule has 0 bridgehead atoms. The van der Waals surface area contributed by atoms with Gasteiger partial charge in [0.2, 0.25) is 0 Å². The van der Waals surface area contributed by atoms with Crippen LogP contribution in [-0.4, -0.2) is 42.4 Å². The summed E-state index contributed by atoms with van der Waals surface area (Å²) in [7, 11) is 0. The number of aliphatic hydroxyl groups is 1. The minimum Gasteiger partial charge on any atom is -0.391 e. The van der Waals surface area contributed by atoms with Gasteiger partial charge in [-0.25, -0.2) is 0 Å². The molecule has 0 aromatic heterocycles. The molecule has 1 fully saturated rings. The molecule has 1 heterocycles. The maximum absolute atomic E-state index is 9.15. The predicted octanol–water partition coefficient (Wildman–Crippen LogP) is 2.95. The average molecular weight is 228 g/mol. The van der Waals surface area contributed by atoms with Crippen molar-refractivity contribution in [3.63, 3.8) is 0 Å². The molecular formula is C14H30NO+. The lowest BCUT2D eigenvalue weighted by atomic mass is 10.1. The van der Waals surface area contributed by atoms with Crippen molar-refractivity contribution in [2.45, 2.75) is 58.3 Å². The third-order valence-corrected chi connectivity index (χ3v) is 4.08. The Morgan fingerprint density at radius 2 is 1.50 bits per heavy atom. The molecule has 0 spiro atoms. The summed E-state index contributed by atoms with van der Waals surface area (Å²) in [5.74, 6) is 0. The first-order valence-electron chi connectivity index (χ1n) is 7.29. The molecule has 2 nitrogen and oxygen atoms in total. The molecule has 0 radical (unpaired) electrons. The molecule has 0 unspecified atom stereocenters. The van der Waals surface area contributed by atoms with E-state index in [1.165, 1.54) is 75.5 Å². The number of unbranched alkanes of at least 4 members (excludes halogenated alkanes) is 5. The Balaban J connectivity index is 2.08. The normalized spacial score (nSPS) is 19.1. The van der Waals surface area contributed by atoms with Crippen LogP contribution in [-0.2, 0) is 0 Å². The van der Waals surface area contributed by atoms with Crippen LogP contribution in [0.2, 0.25) is 0 Å². The van der Waals surface area contributed by atoms with Crippen LogP contribution in [0.25, 0.3) is 0 Å². The van der Waals surface area contributed by atoms with Gasteiger partial charge < -0.3 is 9.59 Å². The van der Waals surface area contributed by atoms with Gasteiger partial charge in [-0.1, -0.05) is 32.6 Å². The predicted molar refractivity (Wildman–Crippen MR) is 69.4 cm³/mol. The van der Waals surface area contributed by atoms with Crippen LogP contribution >= 0.6 is 0 Å². The smallest absolute Gasteiger partial charge is 0.102 e. The molecule has 0 aromatic carbocycles. The molecule has 96 valence electrons. The molecule has 0 atom stereocenters. The van der Waals surface area contributed by atoms with Crippen LogP contribution in [0.4, 0.5) is 0 Å². The van der Waals surface area contributed by atoms with Crippen LogP contribution in [0.5, 0.6) is 0 Å². The maximum atomic E-state index is 9.15. The first-order chi connectivity index (χ1) is 7.83. The van der Waals surface area contributed by atoms with Crippen molar-refractivity contribution in [1.82, 2.24) is 0 Å². The van der Waals surface area contributed by atoms with Crippen LogP contribution < -0.4 is 0 Å². The fraction of sp³-hybridized carbons (Fsp3) is 1.00. The van der Waals surface area contributed by atoms with Gasteiger partial charge in [0.15, 0.2) is 0 Å². The number of hydrogen-bond donors (Lipinski definition) is 1. The summed E-state index contributed by atoms with van der Waals surface area (Å²) in [5.41, 5.74) is 0. The summed E-state index contributed by atoms with van der Waals surface area (Å²) in [5, 5.41) is 9.15. The summed E-state index contributed by atoms with van der Waals surface area (Å²) < 4.78 is 1.21. The van der Waals surface area contributed by atoms with E-state index in [9.17, 15) is 0 Å². The first-order valence-corrected chi connectivity index (χ1v) is 7.29. The second-order valence-corrected chi connectivity index (χ2v) is 5.43. The number of rotatable bonds is 9. The third kappa shape index (κ3) is 4.84. The molecular weight excluding hydrogens is 198 g/mol. The number of aliphatic hydroxyl groups excluding tert-OH is 1. The van der Waals surface area contributed by atoms with Gasteiger partial charge in [-0.3, -0.25) is 0 Å². The van der Waals surface area contributed by atoms with E-state index >= 15 is 0 Å². The molecule has 0 aromatic rings. The first kappa shape index (κ1) is 14.0. The van der Waals surface area contributed by atoms with E-state index < -0.39 is 0 Å². The van der Waals surface area contributed by atoms with Crippen molar-refractivity contribution >= 4 is 0 Å². The highest BCUT2D eigenvalue weighted by Gasteiger charge is 2.30. The van der Waals surface area contributed by atoms with Gasteiger partial charge in [0.25, 0.3) is 0 Å². The highest BCUT2D eigenvalue weighted by atomic mass is 16.3. The highest BCUT2D eigenvalue weighted by Crippen LogP contribution is 2.20. The second kappa shape index (κ2) is 8.08. The zero-order valence-corrected chi connectivity index (χ0v) is 11.1. The van der Waals surface area contributed by atoms with Gasteiger partial charge in [-0.15, -0.1) is 0 Å². The van der Waals surface area contributed by atoms with Crippen LogP contribution in [0.15, 0.2) is 0 Å². The van der Waals surface area contributed by atoms with Gasteiger partial charge in [0.1, 0.15) is 6.54 Å². The van der Waals surface area contributed by atoms with Crippen molar-refractivity contribution in [3.8, 4) is 0 Å². The van der Waals surface area contributed by atoms with Gasteiger partial charge in [-0.05, 0) is 12.8 Å². The summed E-state index contributed by atoms with van der Waals surface area (Å²) in [4.78, 5) is 0. The van der Waals surface area contributed by atoms with Crippen molar-refractivity contribution in [2.75, 3.05) is 32.8 Å². The topological polar surface area (TPSA) is 20.2 Å². The zero-order chi connectivity index (χ0) is 11.7. The zero-order valence-electron chi connectivity index (χ0n) is 11.1. The van der Waals surface area contributed by atoms with Gasteiger partial charge >= 0.3 is 0 Å². The van der Waals surface area contributed by atoms with Crippen LogP contribution in [0, 0.1) is 0 Å². The van der Waals surface area contributed by atoms with E-state index in [0.717, 1.165) is 6.54 Å². The van der Waals surface area contributed by atoms with Crippen molar-refractivity contribution in [3.05, 3.63) is 0 Å². The van der Waals surface area contributed by atoms with Crippen molar-refractivity contribution < 1.29 is 9.59 Å². The minimum atomic E-state index is 0.371. The largest absolute Gasteiger partial charge is 0.391 e. The molecule has 1 saturated heterocycles. The lowest BCUT2D eigenvalue weighted by molar-refractivity contribution is -0.917. The Labute approximate surface area is 101 Å². The lowest BCUT2D eigenvalue weighted by Crippen LogP contribution is -2.47. The Morgan fingerprint density at radius 3 is 2.12 bits per heavy atom. The van der Waals surface area contributed by atoms with Crippen molar-refractivity contribution in [1.29, 1.82) is 0 Å². The van der Waals surface area contributed by atoms with E-state index in [2.05, 4.69) is 6.92 Å². The highest BCUT2D eigenvalue weighted by molar-refractivity contribution is 4.55. The number of quaternary nitrogens is 1. The molecule has 1 aliphatic heterocycles. The Morgan fingerprint density at radius 1 is 0.875 bits per heavy atom. The molecule has 1 rings (SSSR count). The number of hydrogen-bond acceptors (Lipinski definition) is 1. The summed E-state index contributed by atoms with van der Waals surface area (Å²) in [6.07, 6.45) is 11.1. The molecule has 16 heavy (non-hydrogen) atoms. The minimum absolute atomic E-state index is 0.371. The number of likely N-dealkylation sites (tertiary alicyclic amines) is 1. The summed E-state index contributed by atoms with van der Waals surface area (Å²) in [6, 6.07) is 0. The van der Waals surface area contributed by atoms with E-state index in [1.54, 1.807) is 0 Å². The molecule has 2 heteroatoms. The van der Waals surface area contributed by atoms with E-state index in [0.29, 0.717) is 6.61 Å². The van der Waals surface area contributed by atoms with Gasteiger partial charge in [0, 0.05) is 12.8 Å². The molecule has 0 amide bonds.